The van der Waals surface area contributed by atoms with Crippen LogP contribution < -0.4 is 5.32 Å². The van der Waals surface area contributed by atoms with Gasteiger partial charge in [0.15, 0.2) is 0 Å². The summed E-state index contributed by atoms with van der Waals surface area (Å²) >= 11 is 0. The van der Waals surface area contributed by atoms with Gasteiger partial charge in [0.05, 0.1) is 12.6 Å². The second kappa shape index (κ2) is 3.65. The summed E-state index contributed by atoms with van der Waals surface area (Å²) in [5.41, 5.74) is 0.341. The Morgan fingerprint density at radius 2 is 2.08 bits per heavy atom. The van der Waals surface area contributed by atoms with Crippen LogP contribution in [0.1, 0.15) is 32.1 Å². The first-order valence-corrected chi connectivity index (χ1v) is 5.20. The second-order valence-electron chi connectivity index (χ2n) is 4.23. The summed E-state index contributed by atoms with van der Waals surface area (Å²) in [7, 11) is 0. The van der Waals surface area contributed by atoms with Gasteiger partial charge in [-0.15, -0.1) is 0 Å². The smallest absolute Gasteiger partial charge is 0.0881 e. The third-order valence-electron chi connectivity index (χ3n) is 3.47. The Morgan fingerprint density at radius 1 is 1.31 bits per heavy atom. The van der Waals surface area contributed by atoms with E-state index in [0.717, 1.165) is 13.2 Å². The fourth-order valence-electron chi connectivity index (χ4n) is 2.71. The van der Waals surface area contributed by atoms with Crippen molar-refractivity contribution in [2.45, 2.75) is 37.6 Å². The van der Waals surface area contributed by atoms with E-state index >= 15 is 0 Å². The van der Waals surface area contributed by atoms with Crippen LogP contribution in [0.2, 0.25) is 0 Å². The monoisotopic (exact) mass is 179 g/mol. The normalized spacial score (nSPS) is 27.6. The van der Waals surface area contributed by atoms with Crippen LogP contribution in [0.25, 0.3) is 0 Å². The van der Waals surface area contributed by atoms with Gasteiger partial charge in [0.2, 0.25) is 0 Å². The van der Waals surface area contributed by atoms with Gasteiger partial charge in [0.25, 0.3) is 0 Å². The quantitative estimate of drug-likeness (QED) is 0.612. The molecule has 0 unspecified atom stereocenters. The molecule has 0 radical (unpaired) electrons. The minimum atomic E-state index is 0.341. The number of rotatable bonds is 1. The fourth-order valence-corrected chi connectivity index (χ4v) is 2.71. The van der Waals surface area contributed by atoms with Crippen molar-refractivity contribution >= 4 is 0 Å². The Kier molecular flexibility index (Phi) is 2.52. The van der Waals surface area contributed by atoms with Gasteiger partial charge in [-0.05, 0) is 12.8 Å². The topological polar surface area (TPSA) is 39.1 Å². The van der Waals surface area contributed by atoms with Crippen molar-refractivity contribution < 1.29 is 0 Å². The highest BCUT2D eigenvalue weighted by Gasteiger charge is 2.40. The lowest BCUT2D eigenvalue weighted by molar-refractivity contribution is 0.117. The van der Waals surface area contributed by atoms with Crippen LogP contribution in [-0.2, 0) is 0 Å². The highest BCUT2D eigenvalue weighted by Crippen LogP contribution is 2.34. The van der Waals surface area contributed by atoms with Crippen molar-refractivity contribution in [1.82, 2.24) is 10.2 Å². The molecule has 0 aromatic heterocycles. The van der Waals surface area contributed by atoms with Crippen molar-refractivity contribution in [3.05, 3.63) is 0 Å². The molecule has 1 saturated heterocycles. The van der Waals surface area contributed by atoms with E-state index in [4.69, 9.17) is 5.26 Å². The van der Waals surface area contributed by atoms with Crippen molar-refractivity contribution in [2.24, 2.45) is 0 Å². The van der Waals surface area contributed by atoms with E-state index in [9.17, 15) is 0 Å². The zero-order valence-electron chi connectivity index (χ0n) is 8.05. The zero-order chi connectivity index (χ0) is 9.15. The van der Waals surface area contributed by atoms with Crippen LogP contribution in [0.3, 0.4) is 0 Å². The van der Waals surface area contributed by atoms with E-state index in [1.165, 1.54) is 32.1 Å². The molecule has 0 aromatic carbocycles. The molecule has 1 aliphatic heterocycles. The average molecular weight is 179 g/mol. The predicted octanol–water partition coefficient (Wildman–Crippen LogP) is 1.08. The fraction of sp³-hybridized carbons (Fsp3) is 0.900. The van der Waals surface area contributed by atoms with E-state index in [1.807, 2.05) is 0 Å². The standard InChI is InChI=1S/C10H17N3/c11-6-7-13-9-12-8-10(13)4-2-1-3-5-10/h12H,1-5,7-9H2. The first kappa shape index (κ1) is 8.98. The Labute approximate surface area is 79.7 Å². The second-order valence-corrected chi connectivity index (χ2v) is 4.23. The lowest BCUT2D eigenvalue weighted by Crippen LogP contribution is -2.47. The molecule has 2 fully saturated rings. The molecule has 1 spiro atoms. The van der Waals surface area contributed by atoms with Crippen LogP contribution in [0.15, 0.2) is 0 Å². The van der Waals surface area contributed by atoms with Crippen LogP contribution in [0.4, 0.5) is 0 Å². The van der Waals surface area contributed by atoms with E-state index in [1.54, 1.807) is 0 Å². The van der Waals surface area contributed by atoms with Crippen molar-refractivity contribution in [3.63, 3.8) is 0 Å². The summed E-state index contributed by atoms with van der Waals surface area (Å²) in [5, 5.41) is 12.1. The summed E-state index contributed by atoms with van der Waals surface area (Å²) in [6.07, 6.45) is 6.61. The van der Waals surface area contributed by atoms with Gasteiger partial charge in [0.1, 0.15) is 0 Å². The highest BCUT2D eigenvalue weighted by atomic mass is 15.3. The molecule has 1 aliphatic carbocycles. The number of hydrogen-bond donors (Lipinski definition) is 1. The molecular formula is C10H17N3. The SMILES string of the molecule is N#CCN1CNCC12CCCCC2. The van der Waals surface area contributed by atoms with Gasteiger partial charge in [-0.25, -0.2) is 0 Å². The van der Waals surface area contributed by atoms with E-state index in [2.05, 4.69) is 16.3 Å². The molecule has 3 nitrogen and oxygen atoms in total. The van der Waals surface area contributed by atoms with Crippen LogP contribution in [-0.4, -0.2) is 30.2 Å². The molecule has 0 atom stereocenters. The van der Waals surface area contributed by atoms with Crippen molar-refractivity contribution in [1.29, 1.82) is 5.26 Å². The lowest BCUT2D eigenvalue weighted by atomic mass is 9.81. The molecule has 13 heavy (non-hydrogen) atoms. The van der Waals surface area contributed by atoms with Gasteiger partial charge in [-0.3, -0.25) is 4.90 Å². The third-order valence-corrected chi connectivity index (χ3v) is 3.47. The molecule has 1 heterocycles. The number of nitrogens with zero attached hydrogens (tertiary/aromatic N) is 2. The summed E-state index contributed by atoms with van der Waals surface area (Å²) < 4.78 is 0. The Hall–Kier alpha value is -0.590. The Bertz CT molecular complexity index is 213. The zero-order valence-corrected chi connectivity index (χ0v) is 8.05. The Balaban J connectivity index is 2.05. The summed E-state index contributed by atoms with van der Waals surface area (Å²) in [6, 6.07) is 2.27. The maximum absolute atomic E-state index is 8.72. The van der Waals surface area contributed by atoms with Gasteiger partial charge >= 0.3 is 0 Å². The van der Waals surface area contributed by atoms with Gasteiger partial charge in [0, 0.05) is 18.8 Å². The molecular weight excluding hydrogens is 162 g/mol. The maximum Gasteiger partial charge on any atom is 0.0881 e. The summed E-state index contributed by atoms with van der Waals surface area (Å²) in [5.74, 6) is 0. The van der Waals surface area contributed by atoms with Gasteiger partial charge in [-0.2, -0.15) is 5.26 Å². The molecule has 72 valence electrons. The summed E-state index contributed by atoms with van der Waals surface area (Å²) in [6.45, 7) is 2.59. The predicted molar refractivity (Wildman–Crippen MR) is 51.0 cm³/mol. The average Bonchev–Trinajstić information content (AvgIpc) is 2.52. The van der Waals surface area contributed by atoms with Crippen molar-refractivity contribution in [3.8, 4) is 6.07 Å². The van der Waals surface area contributed by atoms with E-state index < -0.39 is 0 Å². The van der Waals surface area contributed by atoms with Crippen LogP contribution >= 0.6 is 0 Å². The maximum atomic E-state index is 8.72. The number of nitrogens with one attached hydrogen (secondary N) is 1. The van der Waals surface area contributed by atoms with E-state index in [0.29, 0.717) is 12.1 Å². The highest BCUT2D eigenvalue weighted by molar-refractivity contribution is 5.01. The van der Waals surface area contributed by atoms with Crippen molar-refractivity contribution in [2.75, 3.05) is 19.8 Å². The Morgan fingerprint density at radius 3 is 2.77 bits per heavy atom. The molecule has 1 saturated carbocycles. The molecule has 3 heteroatoms. The molecule has 0 aromatic rings. The number of nitriles is 1. The molecule has 1 N–H and O–H groups in total. The first-order chi connectivity index (χ1) is 6.37. The molecule has 0 amide bonds. The lowest BCUT2D eigenvalue weighted by Gasteiger charge is -2.39. The van der Waals surface area contributed by atoms with Crippen LogP contribution in [0, 0.1) is 11.3 Å². The van der Waals surface area contributed by atoms with Gasteiger partial charge in [-0.1, -0.05) is 19.3 Å². The minimum absolute atomic E-state index is 0.341. The largest absolute Gasteiger partial charge is 0.302 e. The molecule has 2 aliphatic rings. The molecule has 0 bridgehead atoms. The third kappa shape index (κ3) is 1.56. The molecule has 2 rings (SSSR count). The minimum Gasteiger partial charge on any atom is -0.302 e. The van der Waals surface area contributed by atoms with Gasteiger partial charge < -0.3 is 5.32 Å². The van der Waals surface area contributed by atoms with Crippen LogP contribution in [0.5, 0.6) is 0 Å². The number of hydrogen-bond acceptors (Lipinski definition) is 3. The summed E-state index contributed by atoms with van der Waals surface area (Å²) in [4.78, 5) is 2.33. The first-order valence-electron chi connectivity index (χ1n) is 5.20. The van der Waals surface area contributed by atoms with E-state index in [-0.39, 0.29) is 0 Å².